The fraction of sp³-hybridized carbons (Fsp3) is 0. The third-order valence-electron chi connectivity index (χ3n) is 14.3. The summed E-state index contributed by atoms with van der Waals surface area (Å²) in [5.74, 6) is 1.66. The quantitative estimate of drug-likeness (QED) is 0.167. The van der Waals surface area contributed by atoms with Crippen LogP contribution in [0.5, 0.6) is 0 Å². The van der Waals surface area contributed by atoms with Crippen LogP contribution in [0.25, 0.3) is 144 Å². The Labute approximate surface area is 407 Å². The number of nitrogens with zero attached hydrogens (tertiary/aromatic N) is 5. The lowest BCUT2D eigenvalue weighted by atomic mass is 10.0. The molecule has 71 heavy (non-hydrogen) atoms. The zero-order chi connectivity index (χ0) is 46.6. The van der Waals surface area contributed by atoms with E-state index in [4.69, 9.17) is 19.4 Å². The van der Waals surface area contributed by atoms with Crippen LogP contribution in [0.15, 0.2) is 241 Å². The third-order valence-corrected chi connectivity index (χ3v) is 14.3. The number of para-hydroxylation sites is 4. The average Bonchev–Trinajstić information content (AvgIpc) is 4.10. The molecule has 6 heteroatoms. The topological polar surface area (TPSA) is 61.7 Å². The van der Waals surface area contributed by atoms with E-state index in [2.05, 4.69) is 240 Å². The van der Waals surface area contributed by atoms with Crippen LogP contribution in [0, 0.1) is 0 Å². The minimum atomic E-state index is 0.531. The smallest absolute Gasteiger partial charge is 0.166 e. The van der Waals surface area contributed by atoms with E-state index in [1.54, 1.807) is 0 Å². The van der Waals surface area contributed by atoms with Gasteiger partial charge in [-0.15, -0.1) is 0 Å². The molecular formula is C65H39N5O. The Kier molecular flexibility index (Phi) is 8.56. The highest BCUT2D eigenvalue weighted by molar-refractivity contribution is 6.18. The normalized spacial score (nSPS) is 11.9. The number of benzene rings is 11. The molecule has 0 radical (unpaired) electrons. The van der Waals surface area contributed by atoms with Crippen molar-refractivity contribution in [2.75, 3.05) is 0 Å². The maximum Gasteiger partial charge on any atom is 0.166 e. The largest absolute Gasteiger partial charge is 0.455 e. The fourth-order valence-electron chi connectivity index (χ4n) is 11.1. The lowest BCUT2D eigenvalue weighted by Crippen LogP contribution is -2.05. The summed E-state index contributed by atoms with van der Waals surface area (Å²) >= 11 is 0. The molecule has 0 aliphatic carbocycles. The van der Waals surface area contributed by atoms with E-state index in [9.17, 15) is 0 Å². The van der Waals surface area contributed by atoms with E-state index in [-0.39, 0.29) is 0 Å². The highest BCUT2D eigenvalue weighted by atomic mass is 16.3. The van der Waals surface area contributed by atoms with Crippen molar-refractivity contribution >= 4 is 87.1 Å². The van der Waals surface area contributed by atoms with E-state index in [1.165, 1.54) is 10.8 Å². The summed E-state index contributed by atoms with van der Waals surface area (Å²) in [6.45, 7) is 0. The van der Waals surface area contributed by atoms with Crippen LogP contribution in [-0.2, 0) is 0 Å². The van der Waals surface area contributed by atoms with E-state index in [0.717, 1.165) is 116 Å². The number of rotatable bonds is 6. The molecule has 11 aromatic carbocycles. The summed E-state index contributed by atoms with van der Waals surface area (Å²) in [7, 11) is 0. The molecule has 0 N–H and O–H groups in total. The van der Waals surface area contributed by atoms with Crippen LogP contribution in [0.2, 0.25) is 0 Å². The van der Waals surface area contributed by atoms with Crippen molar-refractivity contribution in [3.63, 3.8) is 0 Å². The van der Waals surface area contributed by atoms with E-state index in [0.29, 0.717) is 17.5 Å². The van der Waals surface area contributed by atoms with Gasteiger partial charge in [-0.1, -0.05) is 170 Å². The minimum absolute atomic E-state index is 0.531. The van der Waals surface area contributed by atoms with Crippen LogP contribution in [0.3, 0.4) is 0 Å². The van der Waals surface area contributed by atoms with Crippen molar-refractivity contribution in [3.05, 3.63) is 237 Å². The van der Waals surface area contributed by atoms with Gasteiger partial charge in [0.05, 0.1) is 27.8 Å². The van der Waals surface area contributed by atoms with Crippen molar-refractivity contribution in [2.24, 2.45) is 0 Å². The van der Waals surface area contributed by atoms with Crippen LogP contribution >= 0.6 is 0 Å². The fourth-order valence-corrected chi connectivity index (χ4v) is 11.1. The molecule has 0 amide bonds. The maximum absolute atomic E-state index is 7.00. The predicted octanol–water partition coefficient (Wildman–Crippen LogP) is 16.9. The molecule has 0 unspecified atom stereocenters. The van der Waals surface area contributed by atoms with Gasteiger partial charge in [-0.05, 0) is 94.0 Å². The number of furan rings is 1. The van der Waals surface area contributed by atoms with Crippen LogP contribution < -0.4 is 0 Å². The first-order valence-corrected chi connectivity index (χ1v) is 24.0. The molecule has 0 aliphatic heterocycles. The predicted molar refractivity (Wildman–Crippen MR) is 293 cm³/mol. The second-order valence-electron chi connectivity index (χ2n) is 18.3. The van der Waals surface area contributed by atoms with Gasteiger partial charge in [-0.2, -0.15) is 0 Å². The summed E-state index contributed by atoms with van der Waals surface area (Å²) in [5, 5.41) is 11.2. The molecule has 4 aromatic heterocycles. The van der Waals surface area contributed by atoms with Crippen LogP contribution in [-0.4, -0.2) is 24.1 Å². The SMILES string of the molecule is c1ccc(-c2cccc(-c3nc(-c4cc5oc6c7ccccc7ccc6c5cc4-n4c5ccccc5c5cc6ccccc6cc54)nc(-c4cccc5c6ccccc6n(-c6ccccc6)c45)n3)c2)cc1. The van der Waals surface area contributed by atoms with Gasteiger partial charge in [0.2, 0.25) is 0 Å². The summed E-state index contributed by atoms with van der Waals surface area (Å²) in [6.07, 6.45) is 0. The van der Waals surface area contributed by atoms with Gasteiger partial charge in [0, 0.05) is 60.1 Å². The average molecular weight is 906 g/mol. The number of hydrogen-bond acceptors (Lipinski definition) is 4. The Morgan fingerprint density at radius 1 is 0.310 bits per heavy atom. The zero-order valence-corrected chi connectivity index (χ0v) is 38.2. The number of aromatic nitrogens is 5. The molecule has 4 heterocycles. The summed E-state index contributed by atoms with van der Waals surface area (Å²) in [5.41, 5.74) is 12.7. The van der Waals surface area contributed by atoms with Crippen molar-refractivity contribution in [1.82, 2.24) is 24.1 Å². The summed E-state index contributed by atoms with van der Waals surface area (Å²) in [4.78, 5) is 16.7. The standard InChI is InChI=1S/C65H39N5O/c1-3-17-40(18-4-1)42-22-15-23-45(35-42)63-66-64(52-30-16-29-50-48-27-11-13-31-56(48)69(61(50)52)46-24-5-2-6-25-46)68-65(67-63)55-39-60-54(51-34-33-41-19-9-10-26-47(41)62(51)71-60)38-59(55)70-57-32-14-12-28-49(57)53-36-43-20-7-8-21-44(43)37-58(53)70/h1-39H. The minimum Gasteiger partial charge on any atom is -0.455 e. The highest BCUT2D eigenvalue weighted by Crippen LogP contribution is 2.44. The number of fused-ring (bicyclic) bond motifs is 12. The first kappa shape index (κ1) is 39.4. The molecular weight excluding hydrogens is 867 g/mol. The zero-order valence-electron chi connectivity index (χ0n) is 38.2. The van der Waals surface area contributed by atoms with Gasteiger partial charge in [0.15, 0.2) is 17.5 Å². The lowest BCUT2D eigenvalue weighted by molar-refractivity contribution is 0.672. The first-order valence-electron chi connectivity index (χ1n) is 24.0. The Bertz CT molecular complexity index is 4640. The molecule has 0 aliphatic rings. The highest BCUT2D eigenvalue weighted by Gasteiger charge is 2.25. The van der Waals surface area contributed by atoms with Gasteiger partial charge in [0.1, 0.15) is 11.2 Å². The van der Waals surface area contributed by atoms with Crippen LogP contribution in [0.1, 0.15) is 0 Å². The Hall–Kier alpha value is -9.65. The third kappa shape index (κ3) is 6.11. The molecule has 0 saturated heterocycles. The van der Waals surface area contributed by atoms with E-state index in [1.807, 2.05) is 6.07 Å². The Morgan fingerprint density at radius 2 is 0.901 bits per heavy atom. The monoisotopic (exact) mass is 905 g/mol. The molecule has 0 spiro atoms. The molecule has 0 atom stereocenters. The molecule has 0 bridgehead atoms. The van der Waals surface area contributed by atoms with E-state index < -0.39 is 0 Å². The lowest BCUT2D eigenvalue weighted by Gasteiger charge is -2.16. The molecule has 15 aromatic rings. The first-order chi connectivity index (χ1) is 35.2. The number of hydrogen-bond donors (Lipinski definition) is 0. The van der Waals surface area contributed by atoms with Gasteiger partial charge >= 0.3 is 0 Å². The summed E-state index contributed by atoms with van der Waals surface area (Å²) < 4.78 is 11.7. The van der Waals surface area contributed by atoms with E-state index >= 15 is 0 Å². The van der Waals surface area contributed by atoms with Crippen LogP contribution in [0.4, 0.5) is 0 Å². The van der Waals surface area contributed by atoms with Crippen molar-refractivity contribution < 1.29 is 4.42 Å². The van der Waals surface area contributed by atoms with Crippen molar-refractivity contribution in [3.8, 4) is 56.7 Å². The second kappa shape index (κ2) is 15.4. The van der Waals surface area contributed by atoms with Gasteiger partial charge in [-0.3, -0.25) is 0 Å². The van der Waals surface area contributed by atoms with Crippen molar-refractivity contribution in [1.29, 1.82) is 0 Å². The maximum atomic E-state index is 7.00. The molecule has 330 valence electrons. The molecule has 6 nitrogen and oxygen atoms in total. The Morgan fingerprint density at radius 3 is 1.70 bits per heavy atom. The summed E-state index contributed by atoms with van der Waals surface area (Å²) in [6, 6.07) is 83.9. The Balaban J connectivity index is 1.08. The molecule has 0 saturated carbocycles. The molecule has 15 rings (SSSR count). The van der Waals surface area contributed by atoms with Gasteiger partial charge < -0.3 is 13.6 Å². The van der Waals surface area contributed by atoms with Crippen molar-refractivity contribution in [2.45, 2.75) is 0 Å². The second-order valence-corrected chi connectivity index (χ2v) is 18.3. The van der Waals surface area contributed by atoms with Gasteiger partial charge in [-0.25, -0.2) is 15.0 Å². The molecule has 0 fully saturated rings. The van der Waals surface area contributed by atoms with Gasteiger partial charge in [0.25, 0.3) is 0 Å².